The van der Waals surface area contributed by atoms with Crippen LogP contribution in [0.25, 0.3) is 6.08 Å². The smallest absolute Gasteiger partial charge is 0.248 e. The maximum Gasteiger partial charge on any atom is 0.248 e. The van der Waals surface area contributed by atoms with Crippen LogP contribution >= 0.6 is 31.9 Å². The van der Waals surface area contributed by atoms with Crippen molar-refractivity contribution in [3.05, 3.63) is 57.0 Å². The van der Waals surface area contributed by atoms with Gasteiger partial charge in [-0.2, -0.15) is 0 Å². The number of amides is 1. The van der Waals surface area contributed by atoms with Gasteiger partial charge in [-0.15, -0.1) is 0 Å². The number of likely N-dealkylation sites (N-methyl/N-ethyl adjacent to an activating group) is 1. The largest absolute Gasteiger partial charge is 0.495 e. The molecule has 5 nitrogen and oxygen atoms in total. The summed E-state index contributed by atoms with van der Waals surface area (Å²) in [7, 11) is 1.61. The van der Waals surface area contributed by atoms with E-state index in [2.05, 4.69) is 66.0 Å². The van der Waals surface area contributed by atoms with E-state index in [-0.39, 0.29) is 5.91 Å². The molecule has 0 aliphatic carbocycles. The molecule has 2 aromatic rings. The summed E-state index contributed by atoms with van der Waals surface area (Å²) in [5.41, 5.74) is 2.78. The van der Waals surface area contributed by atoms with E-state index in [0.717, 1.165) is 52.9 Å². The van der Waals surface area contributed by atoms with Gasteiger partial charge in [0.25, 0.3) is 0 Å². The summed E-state index contributed by atoms with van der Waals surface area (Å²) in [5.74, 6) is 0.497. The fraction of sp³-hybridized carbons (Fsp3) is 0.318. The third kappa shape index (κ3) is 5.84. The van der Waals surface area contributed by atoms with Crippen molar-refractivity contribution in [2.75, 3.05) is 50.1 Å². The summed E-state index contributed by atoms with van der Waals surface area (Å²) < 4.78 is 7.14. The Kier molecular flexibility index (Phi) is 7.75. The Balaban J connectivity index is 1.61. The molecular formula is C22H25Br2N3O2. The van der Waals surface area contributed by atoms with E-state index in [1.807, 2.05) is 24.3 Å². The number of piperazine rings is 1. The van der Waals surface area contributed by atoms with Gasteiger partial charge < -0.3 is 19.9 Å². The normalized spacial score (nSPS) is 15.0. The van der Waals surface area contributed by atoms with Crippen LogP contribution in [0.5, 0.6) is 5.75 Å². The lowest BCUT2D eigenvalue weighted by atomic mass is 10.2. The van der Waals surface area contributed by atoms with E-state index in [1.54, 1.807) is 13.2 Å². The van der Waals surface area contributed by atoms with E-state index in [9.17, 15) is 4.79 Å². The van der Waals surface area contributed by atoms with Crippen molar-refractivity contribution in [2.24, 2.45) is 0 Å². The minimum absolute atomic E-state index is 0.188. The molecule has 0 unspecified atom stereocenters. The minimum Gasteiger partial charge on any atom is -0.495 e. The predicted molar refractivity (Wildman–Crippen MR) is 127 cm³/mol. The zero-order valence-electron chi connectivity index (χ0n) is 16.6. The van der Waals surface area contributed by atoms with Gasteiger partial charge in [-0.25, -0.2) is 0 Å². The lowest BCUT2D eigenvalue weighted by Crippen LogP contribution is -2.46. The van der Waals surface area contributed by atoms with Crippen molar-refractivity contribution in [3.63, 3.8) is 0 Å². The standard InChI is InChI=1S/C22H25Br2N3O2/c1-3-26-10-12-27(13-11-26)19-7-5-18(6-8-19)25-21(28)9-4-16-14-17(23)15-20(24)22(16)29-2/h4-9,14-15H,3,10-13H2,1-2H3,(H,25,28)/b9-4+. The molecule has 154 valence electrons. The first-order valence-corrected chi connectivity index (χ1v) is 11.2. The van der Waals surface area contributed by atoms with Gasteiger partial charge in [0.2, 0.25) is 5.91 Å². The first-order valence-electron chi connectivity index (χ1n) is 9.59. The highest BCUT2D eigenvalue weighted by atomic mass is 79.9. The van der Waals surface area contributed by atoms with Crippen LogP contribution < -0.4 is 15.0 Å². The van der Waals surface area contributed by atoms with Gasteiger partial charge in [-0.05, 0) is 64.9 Å². The number of methoxy groups -OCH3 is 1. The van der Waals surface area contributed by atoms with Gasteiger partial charge >= 0.3 is 0 Å². The second kappa shape index (κ2) is 10.3. The van der Waals surface area contributed by atoms with Crippen LogP contribution in [0.3, 0.4) is 0 Å². The lowest BCUT2D eigenvalue weighted by molar-refractivity contribution is -0.111. The number of halogens is 2. The maximum atomic E-state index is 12.3. The van der Waals surface area contributed by atoms with E-state index >= 15 is 0 Å². The maximum absolute atomic E-state index is 12.3. The van der Waals surface area contributed by atoms with Crippen LogP contribution in [0.1, 0.15) is 12.5 Å². The number of carbonyl (C=O) groups excluding carboxylic acids is 1. The third-order valence-corrected chi connectivity index (χ3v) is 6.02. The number of hydrogen-bond donors (Lipinski definition) is 1. The van der Waals surface area contributed by atoms with Crippen molar-refractivity contribution in [3.8, 4) is 5.75 Å². The van der Waals surface area contributed by atoms with Crippen molar-refractivity contribution in [1.82, 2.24) is 4.90 Å². The molecule has 0 bridgehead atoms. The number of nitrogens with one attached hydrogen (secondary N) is 1. The van der Waals surface area contributed by atoms with Gasteiger partial charge in [0.15, 0.2) is 0 Å². The summed E-state index contributed by atoms with van der Waals surface area (Å²) in [5, 5.41) is 2.91. The van der Waals surface area contributed by atoms with E-state index in [1.165, 1.54) is 11.8 Å². The fourth-order valence-electron chi connectivity index (χ4n) is 3.35. The topological polar surface area (TPSA) is 44.8 Å². The van der Waals surface area contributed by atoms with E-state index in [0.29, 0.717) is 5.75 Å². The number of hydrogen-bond acceptors (Lipinski definition) is 4. The number of carbonyl (C=O) groups is 1. The van der Waals surface area contributed by atoms with Crippen LogP contribution in [-0.4, -0.2) is 50.6 Å². The summed E-state index contributed by atoms with van der Waals surface area (Å²) in [6, 6.07) is 11.8. The average molecular weight is 523 g/mol. The summed E-state index contributed by atoms with van der Waals surface area (Å²) >= 11 is 6.93. The number of rotatable bonds is 6. The molecule has 1 fully saturated rings. The van der Waals surface area contributed by atoms with Gasteiger partial charge in [0, 0.05) is 53.7 Å². The Morgan fingerprint density at radius 1 is 1.14 bits per heavy atom. The second-order valence-electron chi connectivity index (χ2n) is 6.80. The number of nitrogens with zero attached hydrogens (tertiary/aromatic N) is 2. The third-order valence-electron chi connectivity index (χ3n) is 4.97. The van der Waals surface area contributed by atoms with Crippen LogP contribution in [0.4, 0.5) is 11.4 Å². The molecule has 2 aromatic carbocycles. The van der Waals surface area contributed by atoms with Gasteiger partial charge in [-0.1, -0.05) is 22.9 Å². The molecule has 29 heavy (non-hydrogen) atoms. The number of ether oxygens (including phenoxy) is 1. The van der Waals surface area contributed by atoms with Gasteiger partial charge in [0.05, 0.1) is 11.6 Å². The summed E-state index contributed by atoms with van der Waals surface area (Å²) in [6.45, 7) is 7.56. The monoisotopic (exact) mass is 521 g/mol. The molecule has 0 saturated carbocycles. The molecule has 1 aliphatic heterocycles. The molecule has 1 N–H and O–H groups in total. The molecular weight excluding hydrogens is 498 g/mol. The van der Waals surface area contributed by atoms with Crippen LogP contribution in [-0.2, 0) is 4.79 Å². The molecule has 0 aromatic heterocycles. The Morgan fingerprint density at radius 2 is 1.83 bits per heavy atom. The fourth-order valence-corrected chi connectivity index (χ4v) is 4.77. The predicted octanol–water partition coefficient (Wildman–Crippen LogP) is 5.01. The molecule has 0 spiro atoms. The molecule has 0 radical (unpaired) electrons. The van der Waals surface area contributed by atoms with Gasteiger partial charge in [0.1, 0.15) is 5.75 Å². The SMILES string of the molecule is CCN1CCN(c2ccc(NC(=O)/C=C/c3cc(Br)cc(Br)c3OC)cc2)CC1. The van der Waals surface area contributed by atoms with Crippen LogP contribution in [0.15, 0.2) is 51.4 Å². The second-order valence-corrected chi connectivity index (χ2v) is 8.57. The molecule has 1 saturated heterocycles. The number of anilines is 2. The first kappa shape index (κ1) is 21.9. The van der Waals surface area contributed by atoms with Crippen molar-refractivity contribution in [2.45, 2.75) is 6.92 Å². The summed E-state index contributed by atoms with van der Waals surface area (Å²) in [6.07, 6.45) is 3.25. The summed E-state index contributed by atoms with van der Waals surface area (Å²) in [4.78, 5) is 17.2. The molecule has 1 heterocycles. The zero-order valence-corrected chi connectivity index (χ0v) is 19.8. The minimum atomic E-state index is -0.188. The Labute approximate surface area is 189 Å². The van der Waals surface area contributed by atoms with Gasteiger partial charge in [-0.3, -0.25) is 4.79 Å². The molecule has 7 heteroatoms. The molecule has 1 amide bonds. The molecule has 1 aliphatic rings. The van der Waals surface area contributed by atoms with Crippen LogP contribution in [0.2, 0.25) is 0 Å². The zero-order chi connectivity index (χ0) is 20.8. The molecule has 3 rings (SSSR count). The highest BCUT2D eigenvalue weighted by Gasteiger charge is 2.15. The number of benzene rings is 2. The quantitative estimate of drug-likeness (QED) is 0.541. The first-order chi connectivity index (χ1) is 14.0. The highest BCUT2D eigenvalue weighted by molar-refractivity contribution is 9.11. The Bertz CT molecular complexity index is 876. The Hall–Kier alpha value is -1.83. The average Bonchev–Trinajstić information content (AvgIpc) is 2.72. The highest BCUT2D eigenvalue weighted by Crippen LogP contribution is 2.33. The van der Waals surface area contributed by atoms with E-state index in [4.69, 9.17) is 4.74 Å². The molecule has 0 atom stereocenters. The lowest BCUT2D eigenvalue weighted by Gasteiger charge is -2.35. The van der Waals surface area contributed by atoms with E-state index < -0.39 is 0 Å². The van der Waals surface area contributed by atoms with Crippen molar-refractivity contribution >= 4 is 55.2 Å². The Morgan fingerprint density at radius 3 is 2.45 bits per heavy atom. The van der Waals surface area contributed by atoms with Crippen molar-refractivity contribution in [1.29, 1.82) is 0 Å². The van der Waals surface area contributed by atoms with Crippen LogP contribution in [0, 0.1) is 0 Å². The van der Waals surface area contributed by atoms with Crippen molar-refractivity contribution < 1.29 is 9.53 Å².